The molecule has 0 saturated heterocycles. The molecule has 0 fully saturated rings. The zero-order valence-corrected chi connectivity index (χ0v) is 12.2. The first-order chi connectivity index (χ1) is 9.33. The van der Waals surface area contributed by atoms with Crippen LogP contribution in [0.5, 0.6) is 0 Å². The monoisotopic (exact) mass is 288 g/mol. The van der Waals surface area contributed by atoms with Gasteiger partial charge >= 0.3 is 17.9 Å². The van der Waals surface area contributed by atoms with Crippen molar-refractivity contribution in [3.05, 3.63) is 0 Å². The second-order valence-corrected chi connectivity index (χ2v) is 4.19. The molecule has 0 aromatic carbocycles. The Balaban J connectivity index is 5.32. The van der Waals surface area contributed by atoms with Crippen molar-refractivity contribution in [2.24, 2.45) is 5.41 Å². The van der Waals surface area contributed by atoms with E-state index in [-0.39, 0.29) is 19.4 Å². The fraction of sp³-hybridized carbons (Fsp3) is 0.692. The summed E-state index contributed by atoms with van der Waals surface area (Å²) in [6.07, 6.45) is -0.802. The molecule has 0 rings (SSSR count). The Labute approximate surface area is 117 Å². The molecule has 0 amide bonds. The van der Waals surface area contributed by atoms with Crippen molar-refractivity contribution in [1.82, 2.24) is 0 Å². The van der Waals surface area contributed by atoms with Gasteiger partial charge in [-0.3, -0.25) is 19.2 Å². The fourth-order valence-electron chi connectivity index (χ4n) is 1.71. The lowest BCUT2D eigenvalue weighted by molar-refractivity contribution is -0.166. The Morgan fingerprint density at radius 1 is 1.00 bits per heavy atom. The average Bonchev–Trinajstić information content (AvgIpc) is 2.42. The van der Waals surface area contributed by atoms with E-state index in [4.69, 9.17) is 4.74 Å². The molecule has 7 heteroatoms. The zero-order valence-electron chi connectivity index (χ0n) is 12.2. The van der Waals surface area contributed by atoms with Crippen LogP contribution in [0.25, 0.3) is 0 Å². The second kappa shape index (κ2) is 8.29. The summed E-state index contributed by atoms with van der Waals surface area (Å²) in [4.78, 5) is 46.6. The first-order valence-electron chi connectivity index (χ1n) is 6.16. The normalized spacial score (nSPS) is 13.0. The quantitative estimate of drug-likeness (QED) is 0.367. The highest BCUT2D eigenvalue weighted by atomic mass is 16.5. The summed E-state index contributed by atoms with van der Waals surface area (Å²) >= 11 is 0. The van der Waals surface area contributed by atoms with E-state index in [9.17, 15) is 19.2 Å². The van der Waals surface area contributed by atoms with E-state index >= 15 is 0 Å². The molecule has 0 aromatic heterocycles. The summed E-state index contributed by atoms with van der Waals surface area (Å²) in [6, 6.07) is 0. The minimum atomic E-state index is -1.71. The minimum absolute atomic E-state index is 0.0628. The number of hydrogen-bond acceptors (Lipinski definition) is 7. The van der Waals surface area contributed by atoms with Gasteiger partial charge in [0.05, 0.1) is 27.2 Å². The predicted octanol–water partition coefficient (Wildman–Crippen LogP) is 0.641. The Morgan fingerprint density at radius 3 is 1.95 bits per heavy atom. The number of esters is 3. The van der Waals surface area contributed by atoms with Crippen LogP contribution in [0.4, 0.5) is 0 Å². The van der Waals surface area contributed by atoms with Gasteiger partial charge in [-0.1, -0.05) is 0 Å². The van der Waals surface area contributed by atoms with Gasteiger partial charge in [-0.05, 0) is 20.3 Å². The number of Topliss-reactive ketones (excluding diaryl/α,β-unsaturated/α-hetero) is 1. The Morgan fingerprint density at radius 2 is 1.55 bits per heavy atom. The molecule has 0 saturated carbocycles. The highest BCUT2D eigenvalue weighted by molar-refractivity contribution is 6.05. The molecule has 0 aromatic rings. The molecule has 0 bridgehead atoms. The van der Waals surface area contributed by atoms with E-state index in [1.54, 1.807) is 6.92 Å². The number of hydrogen-bond donors (Lipinski definition) is 0. The first kappa shape index (κ1) is 18.1. The smallest absolute Gasteiger partial charge is 0.320 e. The molecule has 20 heavy (non-hydrogen) atoms. The topological polar surface area (TPSA) is 96.0 Å². The fourth-order valence-corrected chi connectivity index (χ4v) is 1.71. The Bertz CT molecular complexity index is 388. The van der Waals surface area contributed by atoms with Crippen LogP contribution < -0.4 is 0 Å². The van der Waals surface area contributed by atoms with E-state index in [2.05, 4.69) is 9.47 Å². The maximum Gasteiger partial charge on any atom is 0.320 e. The molecule has 0 aliphatic carbocycles. The highest BCUT2D eigenvalue weighted by Crippen LogP contribution is 2.32. The van der Waals surface area contributed by atoms with Crippen LogP contribution in [-0.2, 0) is 33.4 Å². The summed E-state index contributed by atoms with van der Waals surface area (Å²) in [5, 5.41) is 0. The number of carbonyl (C=O) groups excluding carboxylic acids is 4. The number of rotatable bonds is 8. The highest BCUT2D eigenvalue weighted by Gasteiger charge is 2.47. The summed E-state index contributed by atoms with van der Waals surface area (Å²) in [5.41, 5.74) is -1.71. The molecule has 0 aliphatic rings. The average molecular weight is 288 g/mol. The van der Waals surface area contributed by atoms with Crippen LogP contribution in [0.3, 0.4) is 0 Å². The zero-order chi connectivity index (χ0) is 15.8. The van der Waals surface area contributed by atoms with E-state index in [1.165, 1.54) is 14.0 Å². The van der Waals surface area contributed by atoms with Crippen molar-refractivity contribution in [2.45, 2.75) is 33.1 Å². The van der Waals surface area contributed by atoms with E-state index in [0.717, 1.165) is 7.11 Å². The van der Waals surface area contributed by atoms with Crippen LogP contribution >= 0.6 is 0 Å². The van der Waals surface area contributed by atoms with Crippen LogP contribution in [0.2, 0.25) is 0 Å². The van der Waals surface area contributed by atoms with Gasteiger partial charge in [0.25, 0.3) is 0 Å². The van der Waals surface area contributed by atoms with Crippen molar-refractivity contribution in [3.8, 4) is 0 Å². The lowest BCUT2D eigenvalue weighted by atomic mass is 9.76. The minimum Gasteiger partial charge on any atom is -0.469 e. The van der Waals surface area contributed by atoms with Gasteiger partial charge < -0.3 is 14.2 Å². The van der Waals surface area contributed by atoms with Gasteiger partial charge in [-0.2, -0.15) is 0 Å². The molecule has 1 unspecified atom stereocenters. The number of carbonyl (C=O) groups is 4. The Hall–Kier alpha value is -1.92. The third-order valence-corrected chi connectivity index (χ3v) is 3.00. The van der Waals surface area contributed by atoms with Gasteiger partial charge in [0.2, 0.25) is 0 Å². The molecule has 0 aliphatic heterocycles. The van der Waals surface area contributed by atoms with Crippen molar-refractivity contribution in [1.29, 1.82) is 0 Å². The van der Waals surface area contributed by atoms with Gasteiger partial charge in [-0.15, -0.1) is 0 Å². The molecular formula is C13H20O7. The van der Waals surface area contributed by atoms with Crippen molar-refractivity contribution in [2.75, 3.05) is 20.8 Å². The van der Waals surface area contributed by atoms with E-state index in [1.807, 2.05) is 0 Å². The van der Waals surface area contributed by atoms with Crippen LogP contribution in [0, 0.1) is 5.41 Å². The summed E-state index contributed by atoms with van der Waals surface area (Å²) in [7, 11) is 2.35. The van der Waals surface area contributed by atoms with Gasteiger partial charge in [0.15, 0.2) is 0 Å². The van der Waals surface area contributed by atoms with Crippen LogP contribution in [0.1, 0.15) is 33.1 Å². The molecule has 0 spiro atoms. The summed E-state index contributed by atoms with van der Waals surface area (Å²) in [5.74, 6) is -2.69. The van der Waals surface area contributed by atoms with Crippen LogP contribution in [0.15, 0.2) is 0 Å². The molecule has 1 atom stereocenters. The molecule has 0 radical (unpaired) electrons. The summed E-state index contributed by atoms with van der Waals surface area (Å²) < 4.78 is 13.8. The SMILES string of the molecule is CCOC(=O)C(CCC(=O)OC)(CC(=O)OC)C(C)=O. The maximum absolute atomic E-state index is 12.1. The van der Waals surface area contributed by atoms with Crippen molar-refractivity contribution in [3.63, 3.8) is 0 Å². The third kappa shape index (κ3) is 4.64. The molecular weight excluding hydrogens is 268 g/mol. The third-order valence-electron chi connectivity index (χ3n) is 3.00. The molecule has 0 heterocycles. The van der Waals surface area contributed by atoms with Gasteiger partial charge in [0, 0.05) is 6.42 Å². The van der Waals surface area contributed by atoms with Crippen molar-refractivity contribution < 1.29 is 33.4 Å². The van der Waals surface area contributed by atoms with Crippen molar-refractivity contribution >= 4 is 23.7 Å². The second-order valence-electron chi connectivity index (χ2n) is 4.19. The van der Waals surface area contributed by atoms with E-state index in [0.29, 0.717) is 0 Å². The summed E-state index contributed by atoms with van der Waals surface area (Å²) in [6.45, 7) is 2.83. The number of methoxy groups -OCH3 is 2. The molecule has 114 valence electrons. The number of ketones is 1. The van der Waals surface area contributed by atoms with E-state index < -0.39 is 35.5 Å². The maximum atomic E-state index is 12.1. The largest absolute Gasteiger partial charge is 0.469 e. The molecule has 7 nitrogen and oxygen atoms in total. The predicted molar refractivity (Wildman–Crippen MR) is 67.6 cm³/mol. The van der Waals surface area contributed by atoms with Crippen LogP contribution in [-0.4, -0.2) is 44.5 Å². The first-order valence-corrected chi connectivity index (χ1v) is 6.16. The number of ether oxygens (including phenoxy) is 3. The van der Waals surface area contributed by atoms with Gasteiger partial charge in [-0.25, -0.2) is 0 Å². The lowest BCUT2D eigenvalue weighted by Crippen LogP contribution is -2.42. The standard InChI is InChI=1S/C13H20O7/c1-5-20-12(17)13(9(2)14,8-11(16)19-4)7-6-10(15)18-3/h5-8H2,1-4H3. The van der Waals surface area contributed by atoms with Gasteiger partial charge in [0.1, 0.15) is 11.2 Å². The Kier molecular flexibility index (Phi) is 7.49. The lowest BCUT2D eigenvalue weighted by Gasteiger charge is -2.27. The molecule has 0 N–H and O–H groups in total.